The van der Waals surface area contributed by atoms with Gasteiger partial charge >= 0.3 is 6.01 Å². The van der Waals surface area contributed by atoms with E-state index in [-0.39, 0.29) is 11.8 Å². The maximum Gasteiger partial charge on any atom is 0.316 e. The minimum Gasteiger partial charge on any atom is -0.463 e. The van der Waals surface area contributed by atoms with Crippen molar-refractivity contribution in [2.24, 2.45) is 5.92 Å². The fourth-order valence-electron chi connectivity index (χ4n) is 3.04. The second-order valence-corrected chi connectivity index (χ2v) is 6.60. The number of piperidine rings is 1. The summed E-state index contributed by atoms with van der Waals surface area (Å²) in [4.78, 5) is 22.8. The van der Waals surface area contributed by atoms with Crippen LogP contribution in [0, 0.1) is 5.92 Å². The maximum atomic E-state index is 12.8. The number of carbonyl (C=O) groups excluding carboxylic acids is 1. The number of rotatable bonds is 4. The zero-order valence-electron chi connectivity index (χ0n) is 13.5. The third kappa shape index (κ3) is 3.58. The van der Waals surface area contributed by atoms with Crippen LogP contribution in [-0.4, -0.2) is 49.2 Å². The molecular formula is C17H17N5O2S. The zero-order chi connectivity index (χ0) is 17.1. The first-order chi connectivity index (χ1) is 12.3. The molecular weight excluding hydrogens is 338 g/mol. The topological polar surface area (TPSA) is 81.1 Å². The third-order valence-corrected chi connectivity index (χ3v) is 4.85. The number of likely N-dealkylation sites (tertiary alicyclic amines) is 1. The van der Waals surface area contributed by atoms with E-state index in [0.717, 1.165) is 42.1 Å². The Hall–Kier alpha value is -2.61. The lowest BCUT2D eigenvalue weighted by Crippen LogP contribution is -2.41. The highest BCUT2D eigenvalue weighted by atomic mass is 32.1. The van der Waals surface area contributed by atoms with Crippen LogP contribution < -0.4 is 4.74 Å². The summed E-state index contributed by atoms with van der Waals surface area (Å²) < 4.78 is 14.0. The van der Waals surface area contributed by atoms with Gasteiger partial charge in [0.15, 0.2) is 0 Å². The predicted octanol–water partition coefficient (Wildman–Crippen LogP) is 2.41. The van der Waals surface area contributed by atoms with E-state index in [4.69, 9.17) is 4.74 Å². The van der Waals surface area contributed by atoms with Crippen LogP contribution in [0.3, 0.4) is 0 Å². The maximum absolute atomic E-state index is 12.8. The van der Waals surface area contributed by atoms with Gasteiger partial charge in [0.2, 0.25) is 0 Å². The molecule has 0 bridgehead atoms. The first-order valence-corrected chi connectivity index (χ1v) is 8.94. The molecule has 0 saturated carbocycles. The molecule has 1 aliphatic heterocycles. The van der Waals surface area contributed by atoms with Crippen molar-refractivity contribution in [3.63, 3.8) is 0 Å². The molecule has 128 valence electrons. The number of aromatic nitrogens is 4. The van der Waals surface area contributed by atoms with E-state index in [9.17, 15) is 4.79 Å². The molecule has 3 heterocycles. The van der Waals surface area contributed by atoms with Gasteiger partial charge in [-0.1, -0.05) is 0 Å². The molecule has 4 rings (SSSR count). The fourth-order valence-corrected chi connectivity index (χ4v) is 3.55. The summed E-state index contributed by atoms with van der Waals surface area (Å²) in [7, 11) is 0. The minimum absolute atomic E-state index is 0.0376. The summed E-state index contributed by atoms with van der Waals surface area (Å²) in [6.07, 6.45) is 5.31. The van der Waals surface area contributed by atoms with Gasteiger partial charge in [-0.2, -0.15) is 8.75 Å². The van der Waals surface area contributed by atoms with Crippen LogP contribution in [0.15, 0.2) is 36.7 Å². The van der Waals surface area contributed by atoms with Gasteiger partial charge < -0.3 is 9.64 Å². The van der Waals surface area contributed by atoms with Crippen molar-refractivity contribution in [3.8, 4) is 6.01 Å². The van der Waals surface area contributed by atoms with E-state index in [2.05, 4.69) is 18.7 Å². The average molecular weight is 355 g/mol. The number of ether oxygens (including phenoxy) is 1. The van der Waals surface area contributed by atoms with Crippen LogP contribution in [0.1, 0.15) is 23.2 Å². The Morgan fingerprint density at radius 1 is 1.24 bits per heavy atom. The summed E-state index contributed by atoms with van der Waals surface area (Å²) in [5, 5.41) is 0. The number of amides is 1. The molecule has 3 aromatic rings. The number of nitrogens with zero attached hydrogens (tertiary/aromatic N) is 5. The Balaban J connectivity index is 1.40. The second-order valence-electron chi connectivity index (χ2n) is 6.07. The second kappa shape index (κ2) is 7.10. The number of hydrogen-bond acceptors (Lipinski definition) is 7. The molecule has 0 aliphatic carbocycles. The fraction of sp³-hybridized carbons (Fsp3) is 0.353. The van der Waals surface area contributed by atoms with Crippen LogP contribution in [0.2, 0.25) is 0 Å². The van der Waals surface area contributed by atoms with Crippen LogP contribution in [0.4, 0.5) is 0 Å². The highest BCUT2D eigenvalue weighted by Gasteiger charge is 2.25. The van der Waals surface area contributed by atoms with E-state index in [1.54, 1.807) is 18.5 Å². The zero-order valence-corrected chi connectivity index (χ0v) is 14.4. The molecule has 0 N–H and O–H groups in total. The van der Waals surface area contributed by atoms with Crippen molar-refractivity contribution in [1.82, 2.24) is 23.6 Å². The molecule has 25 heavy (non-hydrogen) atoms. The molecule has 1 unspecified atom stereocenters. The van der Waals surface area contributed by atoms with Gasteiger partial charge in [-0.3, -0.25) is 4.79 Å². The largest absolute Gasteiger partial charge is 0.463 e. The molecule has 0 radical (unpaired) electrons. The van der Waals surface area contributed by atoms with Crippen molar-refractivity contribution >= 4 is 28.7 Å². The first-order valence-electron chi connectivity index (χ1n) is 8.21. The molecule has 1 amide bonds. The van der Waals surface area contributed by atoms with Gasteiger partial charge in [0.05, 0.1) is 18.3 Å². The molecule has 1 atom stereocenters. The normalized spacial score (nSPS) is 17.6. The van der Waals surface area contributed by atoms with Gasteiger partial charge in [-0.05, 0) is 37.1 Å². The number of hydrogen-bond donors (Lipinski definition) is 0. The van der Waals surface area contributed by atoms with Crippen LogP contribution in [0.25, 0.3) is 11.0 Å². The first kappa shape index (κ1) is 15.9. The lowest BCUT2D eigenvalue weighted by atomic mass is 9.98. The molecule has 7 nitrogen and oxygen atoms in total. The number of fused-ring (bicyclic) bond motifs is 1. The standard InChI is InChI=1S/C17H17N5O2S/c23-16(13-4-5-14-15(9-13)21-25-20-14)22-8-1-3-12(10-22)11-24-17-18-6-2-7-19-17/h2,4-7,9,12H,1,3,8,10-11H2. The highest BCUT2D eigenvalue weighted by Crippen LogP contribution is 2.21. The van der Waals surface area contributed by atoms with Crippen LogP contribution >= 0.6 is 11.7 Å². The molecule has 1 aliphatic rings. The molecule has 2 aromatic heterocycles. The Morgan fingerprint density at radius 3 is 2.96 bits per heavy atom. The lowest BCUT2D eigenvalue weighted by Gasteiger charge is -2.32. The summed E-state index contributed by atoms with van der Waals surface area (Å²) in [5.41, 5.74) is 2.26. The summed E-state index contributed by atoms with van der Waals surface area (Å²) in [6, 6.07) is 7.63. The van der Waals surface area contributed by atoms with Crippen molar-refractivity contribution in [2.75, 3.05) is 19.7 Å². The number of carbonyl (C=O) groups is 1. The Labute approximate surface area is 149 Å². The average Bonchev–Trinajstić information content (AvgIpc) is 3.14. The smallest absolute Gasteiger partial charge is 0.316 e. The van der Waals surface area contributed by atoms with E-state index >= 15 is 0 Å². The SMILES string of the molecule is O=C(c1ccc2nsnc2c1)N1CCCC(COc2ncccn2)C1. The van der Waals surface area contributed by atoms with Crippen LogP contribution in [-0.2, 0) is 0 Å². The van der Waals surface area contributed by atoms with Crippen molar-refractivity contribution in [3.05, 3.63) is 42.2 Å². The van der Waals surface area contributed by atoms with Gasteiger partial charge in [0.1, 0.15) is 11.0 Å². The Bertz CT molecular complexity index is 870. The van der Waals surface area contributed by atoms with Crippen molar-refractivity contribution in [1.29, 1.82) is 0 Å². The molecule has 1 aromatic carbocycles. The molecule has 0 spiro atoms. The summed E-state index contributed by atoms with van der Waals surface area (Å²) in [6.45, 7) is 1.96. The quantitative estimate of drug-likeness (QED) is 0.715. The third-order valence-electron chi connectivity index (χ3n) is 4.30. The summed E-state index contributed by atoms with van der Waals surface area (Å²) in [5.74, 6) is 0.321. The van der Waals surface area contributed by atoms with Gasteiger partial charge in [0.25, 0.3) is 5.91 Å². The van der Waals surface area contributed by atoms with E-state index in [1.807, 2.05) is 23.1 Å². The lowest BCUT2D eigenvalue weighted by molar-refractivity contribution is 0.0629. The van der Waals surface area contributed by atoms with Gasteiger partial charge in [0, 0.05) is 37.0 Å². The van der Waals surface area contributed by atoms with Crippen LogP contribution in [0.5, 0.6) is 6.01 Å². The van der Waals surface area contributed by atoms with Crippen molar-refractivity contribution < 1.29 is 9.53 Å². The van der Waals surface area contributed by atoms with E-state index < -0.39 is 0 Å². The predicted molar refractivity (Wildman–Crippen MR) is 93.6 cm³/mol. The monoisotopic (exact) mass is 355 g/mol. The minimum atomic E-state index is 0.0376. The highest BCUT2D eigenvalue weighted by molar-refractivity contribution is 7.00. The Kier molecular flexibility index (Phi) is 4.51. The van der Waals surface area contributed by atoms with Crippen molar-refractivity contribution in [2.45, 2.75) is 12.8 Å². The number of benzene rings is 1. The molecule has 1 saturated heterocycles. The molecule has 1 fully saturated rings. The Morgan fingerprint density at radius 2 is 2.08 bits per heavy atom. The van der Waals surface area contributed by atoms with Gasteiger partial charge in [-0.25, -0.2) is 9.97 Å². The van der Waals surface area contributed by atoms with E-state index in [1.165, 1.54) is 0 Å². The molecule has 8 heteroatoms. The van der Waals surface area contributed by atoms with Gasteiger partial charge in [-0.15, -0.1) is 0 Å². The summed E-state index contributed by atoms with van der Waals surface area (Å²) >= 11 is 1.16. The van der Waals surface area contributed by atoms with E-state index in [0.29, 0.717) is 24.7 Å².